The minimum atomic E-state index is -1.14. The number of hydrogen-bond donors (Lipinski definition) is 3. The molecule has 0 unspecified atom stereocenters. The maximum atomic E-state index is 11.4. The van der Waals surface area contributed by atoms with E-state index in [1.807, 2.05) is 4.90 Å². The fraction of sp³-hybridized carbons (Fsp3) is 0.583. The zero-order valence-corrected chi connectivity index (χ0v) is 10.9. The van der Waals surface area contributed by atoms with Crippen LogP contribution in [0.5, 0.6) is 0 Å². The molecule has 1 rings (SSSR count). The van der Waals surface area contributed by atoms with E-state index in [1.165, 1.54) is 0 Å². The standard InChI is InChI=1S/C12H19N3O4/c1-13-11(17)8-15-6-4-9(5-7-15)14-10(16)2-3-12(18)19/h2-3,9H,4-8H2,1H3,(H,13,17)(H,14,16)(H,18,19)/b3-2+. The number of nitrogens with zero attached hydrogens (tertiary/aromatic N) is 1. The Hall–Kier alpha value is -1.89. The van der Waals surface area contributed by atoms with Gasteiger partial charge in [-0.3, -0.25) is 14.5 Å². The van der Waals surface area contributed by atoms with Crippen molar-refractivity contribution in [1.29, 1.82) is 0 Å². The third-order valence-electron chi connectivity index (χ3n) is 2.96. The van der Waals surface area contributed by atoms with Crippen LogP contribution >= 0.6 is 0 Å². The highest BCUT2D eigenvalue weighted by Gasteiger charge is 2.21. The Labute approximate surface area is 111 Å². The van der Waals surface area contributed by atoms with Crippen LogP contribution in [-0.4, -0.2) is 60.5 Å². The molecule has 1 heterocycles. The molecule has 7 nitrogen and oxygen atoms in total. The van der Waals surface area contributed by atoms with Crippen LogP contribution in [0.4, 0.5) is 0 Å². The SMILES string of the molecule is CNC(=O)CN1CCC(NC(=O)/C=C/C(=O)O)CC1. The molecule has 0 aromatic rings. The molecular weight excluding hydrogens is 250 g/mol. The number of likely N-dealkylation sites (tertiary alicyclic amines) is 1. The number of carboxylic acids is 1. The lowest BCUT2D eigenvalue weighted by Gasteiger charge is -2.31. The highest BCUT2D eigenvalue weighted by Crippen LogP contribution is 2.09. The fourth-order valence-electron chi connectivity index (χ4n) is 1.91. The van der Waals surface area contributed by atoms with E-state index in [2.05, 4.69) is 10.6 Å². The van der Waals surface area contributed by atoms with Gasteiger partial charge in [-0.05, 0) is 12.8 Å². The van der Waals surface area contributed by atoms with Crippen LogP contribution in [-0.2, 0) is 14.4 Å². The minimum absolute atomic E-state index is 0.0214. The van der Waals surface area contributed by atoms with E-state index in [1.54, 1.807) is 7.05 Å². The largest absolute Gasteiger partial charge is 0.478 e. The average Bonchev–Trinajstić information content (AvgIpc) is 2.38. The first-order valence-corrected chi connectivity index (χ1v) is 6.15. The maximum absolute atomic E-state index is 11.4. The normalized spacial score (nSPS) is 17.3. The number of rotatable bonds is 5. The van der Waals surface area contributed by atoms with Crippen molar-refractivity contribution >= 4 is 17.8 Å². The zero-order chi connectivity index (χ0) is 14.3. The van der Waals surface area contributed by atoms with Crippen molar-refractivity contribution in [1.82, 2.24) is 15.5 Å². The molecule has 7 heteroatoms. The Morgan fingerprint density at radius 1 is 1.26 bits per heavy atom. The van der Waals surface area contributed by atoms with E-state index in [0.29, 0.717) is 6.54 Å². The van der Waals surface area contributed by atoms with E-state index in [9.17, 15) is 14.4 Å². The Morgan fingerprint density at radius 3 is 2.42 bits per heavy atom. The molecule has 0 bridgehead atoms. The van der Waals surface area contributed by atoms with Gasteiger partial charge in [0.1, 0.15) is 0 Å². The highest BCUT2D eigenvalue weighted by molar-refractivity contribution is 5.94. The quantitative estimate of drug-likeness (QED) is 0.553. The Morgan fingerprint density at radius 2 is 1.89 bits per heavy atom. The van der Waals surface area contributed by atoms with Gasteiger partial charge in [-0.15, -0.1) is 0 Å². The summed E-state index contributed by atoms with van der Waals surface area (Å²) < 4.78 is 0. The van der Waals surface area contributed by atoms with Crippen molar-refractivity contribution in [2.24, 2.45) is 0 Å². The van der Waals surface area contributed by atoms with Crippen molar-refractivity contribution in [3.05, 3.63) is 12.2 Å². The Bertz CT molecular complexity index is 373. The molecule has 2 amide bonds. The van der Waals surface area contributed by atoms with Gasteiger partial charge in [-0.25, -0.2) is 4.79 Å². The lowest BCUT2D eigenvalue weighted by atomic mass is 10.0. The number of carbonyl (C=O) groups excluding carboxylic acids is 2. The van der Waals surface area contributed by atoms with Gasteiger partial charge in [-0.2, -0.15) is 0 Å². The van der Waals surface area contributed by atoms with Crippen LogP contribution in [0.2, 0.25) is 0 Å². The third kappa shape index (κ3) is 6.01. The van der Waals surface area contributed by atoms with Crippen LogP contribution in [0.3, 0.4) is 0 Å². The topological polar surface area (TPSA) is 98.7 Å². The highest BCUT2D eigenvalue weighted by atomic mass is 16.4. The summed E-state index contributed by atoms with van der Waals surface area (Å²) in [6.45, 7) is 1.85. The molecule has 1 saturated heterocycles. The second-order valence-corrected chi connectivity index (χ2v) is 4.40. The lowest BCUT2D eigenvalue weighted by Crippen LogP contribution is -2.46. The summed E-state index contributed by atoms with van der Waals surface area (Å²) in [4.78, 5) is 34.9. The predicted molar refractivity (Wildman–Crippen MR) is 68.4 cm³/mol. The fourth-order valence-corrected chi connectivity index (χ4v) is 1.91. The molecule has 3 N–H and O–H groups in total. The molecule has 1 aliphatic heterocycles. The average molecular weight is 269 g/mol. The van der Waals surface area contributed by atoms with Crippen molar-refractivity contribution in [2.45, 2.75) is 18.9 Å². The summed E-state index contributed by atoms with van der Waals surface area (Å²) >= 11 is 0. The molecule has 1 fully saturated rings. The van der Waals surface area contributed by atoms with Gasteiger partial charge in [0.05, 0.1) is 6.54 Å². The number of nitrogens with one attached hydrogen (secondary N) is 2. The van der Waals surface area contributed by atoms with E-state index < -0.39 is 11.9 Å². The van der Waals surface area contributed by atoms with E-state index >= 15 is 0 Å². The van der Waals surface area contributed by atoms with Crippen molar-refractivity contribution in [3.63, 3.8) is 0 Å². The summed E-state index contributed by atoms with van der Waals surface area (Å²) in [5.74, 6) is -1.56. The Balaban J connectivity index is 2.28. The lowest BCUT2D eigenvalue weighted by molar-refractivity contribution is -0.131. The van der Waals surface area contributed by atoms with Crippen molar-refractivity contribution in [3.8, 4) is 0 Å². The number of amides is 2. The van der Waals surface area contributed by atoms with Gasteiger partial charge in [0.15, 0.2) is 0 Å². The van der Waals surface area contributed by atoms with Gasteiger partial charge in [0.2, 0.25) is 11.8 Å². The molecule has 0 radical (unpaired) electrons. The third-order valence-corrected chi connectivity index (χ3v) is 2.96. The monoisotopic (exact) mass is 269 g/mol. The van der Waals surface area contributed by atoms with Crippen LogP contribution in [0.15, 0.2) is 12.2 Å². The van der Waals surface area contributed by atoms with Gasteiger partial charge in [0.25, 0.3) is 0 Å². The molecule has 106 valence electrons. The zero-order valence-electron chi connectivity index (χ0n) is 10.9. The first-order valence-electron chi connectivity index (χ1n) is 6.15. The maximum Gasteiger partial charge on any atom is 0.328 e. The molecule has 19 heavy (non-hydrogen) atoms. The van der Waals surface area contributed by atoms with Gasteiger partial charge in [0, 0.05) is 38.3 Å². The van der Waals surface area contributed by atoms with Crippen LogP contribution < -0.4 is 10.6 Å². The van der Waals surface area contributed by atoms with Gasteiger partial charge in [-0.1, -0.05) is 0 Å². The number of carboxylic acid groups (broad SMARTS) is 1. The molecule has 1 aliphatic rings. The molecule has 0 spiro atoms. The summed E-state index contributed by atoms with van der Waals surface area (Å²) in [6.07, 6.45) is 3.34. The number of hydrogen-bond acceptors (Lipinski definition) is 4. The first kappa shape index (κ1) is 15.2. The molecule has 0 aromatic carbocycles. The predicted octanol–water partition coefficient (Wildman–Crippen LogP) is -1.05. The smallest absolute Gasteiger partial charge is 0.328 e. The van der Waals surface area contributed by atoms with Gasteiger partial charge >= 0.3 is 5.97 Å². The van der Waals surface area contributed by atoms with E-state index in [-0.39, 0.29) is 11.9 Å². The van der Waals surface area contributed by atoms with Crippen LogP contribution in [0.1, 0.15) is 12.8 Å². The van der Waals surface area contributed by atoms with Crippen molar-refractivity contribution in [2.75, 3.05) is 26.7 Å². The molecule has 0 saturated carbocycles. The molecule has 0 atom stereocenters. The first-order chi connectivity index (χ1) is 9.01. The Kier molecular flexibility index (Phi) is 6.01. The second-order valence-electron chi connectivity index (χ2n) is 4.40. The van der Waals surface area contributed by atoms with Gasteiger partial charge < -0.3 is 15.7 Å². The molecule has 0 aliphatic carbocycles. The summed E-state index contributed by atoms with van der Waals surface area (Å²) in [5.41, 5.74) is 0. The second kappa shape index (κ2) is 7.52. The molecular formula is C12H19N3O4. The number of carbonyl (C=O) groups is 3. The summed E-state index contributed by atoms with van der Waals surface area (Å²) in [7, 11) is 1.60. The summed E-state index contributed by atoms with van der Waals surface area (Å²) in [6, 6.07) is 0.0342. The van der Waals surface area contributed by atoms with Crippen LogP contribution in [0, 0.1) is 0 Å². The number of aliphatic carboxylic acids is 1. The van der Waals surface area contributed by atoms with Crippen LogP contribution in [0.25, 0.3) is 0 Å². The van der Waals surface area contributed by atoms with Crippen molar-refractivity contribution < 1.29 is 19.5 Å². The number of likely N-dealkylation sites (N-methyl/N-ethyl adjacent to an activating group) is 1. The summed E-state index contributed by atoms with van der Waals surface area (Å²) in [5, 5.41) is 13.7. The minimum Gasteiger partial charge on any atom is -0.478 e. The molecule has 0 aromatic heterocycles. The number of piperidine rings is 1. The van der Waals surface area contributed by atoms with E-state index in [4.69, 9.17) is 5.11 Å². The van der Waals surface area contributed by atoms with E-state index in [0.717, 1.165) is 38.1 Å².